The van der Waals surface area contributed by atoms with Crippen LogP contribution in [0, 0.1) is 11.3 Å². The van der Waals surface area contributed by atoms with Crippen LogP contribution in [0.25, 0.3) is 0 Å². The van der Waals surface area contributed by atoms with E-state index in [0.717, 1.165) is 19.6 Å². The van der Waals surface area contributed by atoms with Crippen LogP contribution in [0.3, 0.4) is 0 Å². The van der Waals surface area contributed by atoms with Gasteiger partial charge in [0, 0.05) is 38.1 Å². The van der Waals surface area contributed by atoms with Crippen molar-refractivity contribution in [3.8, 4) is 6.07 Å². The summed E-state index contributed by atoms with van der Waals surface area (Å²) >= 11 is 0. The van der Waals surface area contributed by atoms with E-state index >= 15 is 0 Å². The van der Waals surface area contributed by atoms with Crippen molar-refractivity contribution in [3.05, 3.63) is 18.1 Å². The monoisotopic (exact) mass is 203 g/mol. The van der Waals surface area contributed by atoms with Crippen molar-refractivity contribution in [2.45, 2.75) is 13.0 Å². The molecule has 0 aliphatic carbocycles. The van der Waals surface area contributed by atoms with Crippen molar-refractivity contribution in [3.63, 3.8) is 0 Å². The van der Waals surface area contributed by atoms with Crippen molar-refractivity contribution in [2.24, 2.45) is 0 Å². The number of nitriles is 1. The summed E-state index contributed by atoms with van der Waals surface area (Å²) in [5.41, 5.74) is 0.409. The minimum absolute atomic E-state index is 0.409. The molecular formula is C10H13N5. The molecule has 1 atom stereocenters. The Morgan fingerprint density at radius 2 is 2.33 bits per heavy atom. The van der Waals surface area contributed by atoms with Gasteiger partial charge in [0.05, 0.1) is 0 Å². The minimum Gasteiger partial charge on any atom is -0.351 e. The Hall–Kier alpha value is -1.67. The summed E-state index contributed by atoms with van der Waals surface area (Å²) in [5.74, 6) is 0.702. The zero-order chi connectivity index (χ0) is 10.7. The Morgan fingerprint density at radius 1 is 1.53 bits per heavy atom. The highest BCUT2D eigenvalue weighted by Gasteiger charge is 2.19. The molecule has 1 aliphatic heterocycles. The first kappa shape index (κ1) is 9.87. The molecule has 1 aromatic rings. The highest BCUT2D eigenvalue weighted by Crippen LogP contribution is 2.15. The number of aromatic nitrogens is 2. The SMILES string of the molecule is C[C@@H]1CN(c2nccnc2C#N)CCN1. The number of rotatable bonds is 1. The Labute approximate surface area is 88.8 Å². The van der Waals surface area contributed by atoms with Gasteiger partial charge in [0.25, 0.3) is 0 Å². The highest BCUT2D eigenvalue weighted by molar-refractivity contribution is 5.49. The van der Waals surface area contributed by atoms with Gasteiger partial charge in [0.2, 0.25) is 0 Å². The van der Waals surface area contributed by atoms with Crippen LogP contribution in [0.2, 0.25) is 0 Å². The molecule has 2 rings (SSSR count). The molecule has 2 heterocycles. The van der Waals surface area contributed by atoms with E-state index in [1.54, 1.807) is 12.4 Å². The van der Waals surface area contributed by atoms with E-state index in [1.165, 1.54) is 0 Å². The number of hydrogen-bond acceptors (Lipinski definition) is 5. The first-order chi connectivity index (χ1) is 7.31. The quantitative estimate of drug-likeness (QED) is 0.703. The van der Waals surface area contributed by atoms with Crippen molar-refractivity contribution < 1.29 is 0 Å². The van der Waals surface area contributed by atoms with Gasteiger partial charge in [0.1, 0.15) is 6.07 Å². The van der Waals surface area contributed by atoms with Gasteiger partial charge in [-0.1, -0.05) is 0 Å². The summed E-state index contributed by atoms with van der Waals surface area (Å²) in [4.78, 5) is 10.3. The maximum Gasteiger partial charge on any atom is 0.183 e. The normalized spacial score (nSPS) is 21.1. The van der Waals surface area contributed by atoms with E-state index in [0.29, 0.717) is 17.6 Å². The van der Waals surface area contributed by atoms with E-state index < -0.39 is 0 Å². The largest absolute Gasteiger partial charge is 0.351 e. The molecule has 1 saturated heterocycles. The predicted molar refractivity (Wildman–Crippen MR) is 56.4 cm³/mol. The minimum atomic E-state index is 0.409. The van der Waals surface area contributed by atoms with E-state index in [1.807, 2.05) is 0 Å². The van der Waals surface area contributed by atoms with Crippen LogP contribution in [0.1, 0.15) is 12.6 Å². The lowest BCUT2D eigenvalue weighted by atomic mass is 10.2. The number of hydrogen-bond donors (Lipinski definition) is 1. The number of nitrogens with zero attached hydrogens (tertiary/aromatic N) is 4. The maximum absolute atomic E-state index is 8.92. The van der Waals surface area contributed by atoms with Gasteiger partial charge in [-0.05, 0) is 6.92 Å². The van der Waals surface area contributed by atoms with E-state index in [2.05, 4.69) is 33.2 Å². The highest BCUT2D eigenvalue weighted by atomic mass is 15.2. The molecule has 0 amide bonds. The molecule has 5 heteroatoms. The number of anilines is 1. The van der Waals surface area contributed by atoms with Crippen LogP contribution < -0.4 is 10.2 Å². The molecule has 0 aromatic carbocycles. The third-order valence-electron chi connectivity index (χ3n) is 2.45. The van der Waals surface area contributed by atoms with Gasteiger partial charge >= 0.3 is 0 Å². The second kappa shape index (κ2) is 4.24. The lowest BCUT2D eigenvalue weighted by Crippen LogP contribution is -2.49. The fraction of sp³-hybridized carbons (Fsp3) is 0.500. The lowest BCUT2D eigenvalue weighted by molar-refractivity contribution is 0.481. The molecule has 1 aliphatic rings. The number of nitrogens with one attached hydrogen (secondary N) is 1. The Balaban J connectivity index is 2.25. The van der Waals surface area contributed by atoms with Crippen LogP contribution in [0.15, 0.2) is 12.4 Å². The molecule has 78 valence electrons. The van der Waals surface area contributed by atoms with Gasteiger partial charge in [0.15, 0.2) is 11.5 Å². The zero-order valence-corrected chi connectivity index (χ0v) is 8.64. The molecule has 0 unspecified atom stereocenters. The Kier molecular flexibility index (Phi) is 2.79. The van der Waals surface area contributed by atoms with Gasteiger partial charge in [-0.15, -0.1) is 0 Å². The van der Waals surface area contributed by atoms with Gasteiger partial charge in [-0.25, -0.2) is 9.97 Å². The van der Waals surface area contributed by atoms with Crippen molar-refractivity contribution in [2.75, 3.05) is 24.5 Å². The summed E-state index contributed by atoms with van der Waals surface area (Å²) < 4.78 is 0. The summed E-state index contributed by atoms with van der Waals surface area (Å²) in [7, 11) is 0. The van der Waals surface area contributed by atoms with Crippen LogP contribution in [-0.2, 0) is 0 Å². The zero-order valence-electron chi connectivity index (χ0n) is 8.64. The van der Waals surface area contributed by atoms with Crippen molar-refractivity contribution >= 4 is 5.82 Å². The lowest BCUT2D eigenvalue weighted by Gasteiger charge is -2.32. The first-order valence-corrected chi connectivity index (χ1v) is 5.00. The molecule has 15 heavy (non-hydrogen) atoms. The van der Waals surface area contributed by atoms with Crippen LogP contribution >= 0.6 is 0 Å². The summed E-state index contributed by atoms with van der Waals surface area (Å²) in [6.45, 7) is 4.78. The Bertz CT molecular complexity index is 384. The van der Waals surface area contributed by atoms with Crippen LogP contribution in [-0.4, -0.2) is 35.6 Å². The summed E-state index contributed by atoms with van der Waals surface area (Å²) in [6, 6.07) is 2.50. The molecule has 1 fully saturated rings. The average Bonchev–Trinajstić information content (AvgIpc) is 2.29. The van der Waals surface area contributed by atoms with Crippen LogP contribution in [0.5, 0.6) is 0 Å². The molecule has 0 saturated carbocycles. The van der Waals surface area contributed by atoms with E-state index in [-0.39, 0.29) is 0 Å². The summed E-state index contributed by atoms with van der Waals surface area (Å²) in [6.07, 6.45) is 3.18. The molecule has 0 radical (unpaired) electrons. The van der Waals surface area contributed by atoms with E-state index in [9.17, 15) is 0 Å². The third kappa shape index (κ3) is 2.05. The van der Waals surface area contributed by atoms with Crippen LogP contribution in [0.4, 0.5) is 5.82 Å². The fourth-order valence-corrected chi connectivity index (χ4v) is 1.77. The van der Waals surface area contributed by atoms with Crippen molar-refractivity contribution in [1.82, 2.24) is 15.3 Å². The third-order valence-corrected chi connectivity index (χ3v) is 2.45. The van der Waals surface area contributed by atoms with Crippen molar-refractivity contribution in [1.29, 1.82) is 5.26 Å². The number of piperazine rings is 1. The second-order valence-corrected chi connectivity index (χ2v) is 3.64. The standard InChI is InChI=1S/C10H13N5/c1-8-7-15(5-4-12-8)10-9(6-11)13-2-3-14-10/h2-3,8,12H,4-5,7H2,1H3/t8-/m1/s1. The smallest absolute Gasteiger partial charge is 0.183 e. The molecule has 0 spiro atoms. The van der Waals surface area contributed by atoms with Gasteiger partial charge in [-0.3, -0.25) is 0 Å². The molecule has 1 N–H and O–H groups in total. The summed E-state index contributed by atoms with van der Waals surface area (Å²) in [5, 5.41) is 12.3. The van der Waals surface area contributed by atoms with E-state index in [4.69, 9.17) is 5.26 Å². The second-order valence-electron chi connectivity index (χ2n) is 3.64. The first-order valence-electron chi connectivity index (χ1n) is 5.00. The average molecular weight is 203 g/mol. The predicted octanol–water partition coefficient (Wildman–Crippen LogP) is 0.146. The van der Waals surface area contributed by atoms with Gasteiger partial charge in [-0.2, -0.15) is 5.26 Å². The van der Waals surface area contributed by atoms with Gasteiger partial charge < -0.3 is 10.2 Å². The molecule has 5 nitrogen and oxygen atoms in total. The topological polar surface area (TPSA) is 64.8 Å². The molecule has 1 aromatic heterocycles. The molecular weight excluding hydrogens is 190 g/mol. The maximum atomic E-state index is 8.92. The fourth-order valence-electron chi connectivity index (χ4n) is 1.77. The molecule has 0 bridgehead atoms. The Morgan fingerprint density at radius 3 is 3.07 bits per heavy atom.